The van der Waals surface area contributed by atoms with E-state index in [1.165, 1.54) is 16.0 Å². The maximum Gasteiger partial charge on any atom is 0.258 e. The van der Waals surface area contributed by atoms with E-state index in [0.717, 1.165) is 11.9 Å². The Kier molecular flexibility index (Phi) is 5.37. The number of hydrogen-bond acceptors (Lipinski definition) is 3. The highest BCUT2D eigenvalue weighted by molar-refractivity contribution is 7.10. The first-order valence-electron chi connectivity index (χ1n) is 9.62. The second-order valence-corrected chi connectivity index (χ2v) is 8.02. The highest BCUT2D eigenvalue weighted by atomic mass is 32.1. The van der Waals surface area contributed by atoms with Crippen LogP contribution in [0.5, 0.6) is 0 Å². The van der Waals surface area contributed by atoms with Crippen molar-refractivity contribution in [2.75, 3.05) is 0 Å². The van der Waals surface area contributed by atoms with E-state index < -0.39 is 0 Å². The number of nitrogens with zero attached hydrogens (tertiary/aromatic N) is 1. The van der Waals surface area contributed by atoms with Crippen LogP contribution in [0, 0.1) is 0 Å². The van der Waals surface area contributed by atoms with Gasteiger partial charge in [0, 0.05) is 5.56 Å². The summed E-state index contributed by atoms with van der Waals surface area (Å²) in [5, 5.41) is 5.01. The predicted molar refractivity (Wildman–Crippen MR) is 115 cm³/mol. The molecule has 0 bridgehead atoms. The molecule has 2 atom stereocenters. The summed E-state index contributed by atoms with van der Waals surface area (Å²) >= 11 is 1.76. The zero-order valence-corrected chi connectivity index (χ0v) is 16.9. The molecule has 5 heteroatoms. The monoisotopic (exact) mass is 390 g/mol. The summed E-state index contributed by atoms with van der Waals surface area (Å²) in [4.78, 5) is 21.4. The van der Waals surface area contributed by atoms with Crippen molar-refractivity contribution in [1.29, 1.82) is 0 Å². The van der Waals surface area contributed by atoms with Gasteiger partial charge in [-0.05, 0) is 42.5 Å². The smallest absolute Gasteiger partial charge is 0.258 e. The average Bonchev–Trinajstić information content (AvgIpc) is 3.26. The van der Waals surface area contributed by atoms with Gasteiger partial charge >= 0.3 is 0 Å². The molecule has 4 rings (SSSR count). The first kappa shape index (κ1) is 18.6. The van der Waals surface area contributed by atoms with Crippen molar-refractivity contribution in [3.05, 3.63) is 98.2 Å². The minimum absolute atomic E-state index is 0.00950. The lowest BCUT2D eigenvalue weighted by Gasteiger charge is -2.19. The highest BCUT2D eigenvalue weighted by Crippen LogP contribution is 2.24. The Morgan fingerprint density at radius 1 is 1.07 bits per heavy atom. The van der Waals surface area contributed by atoms with Crippen molar-refractivity contribution in [2.45, 2.75) is 32.4 Å². The third-order valence-electron chi connectivity index (χ3n) is 5.14. The van der Waals surface area contributed by atoms with E-state index in [-0.39, 0.29) is 17.6 Å². The molecule has 0 radical (unpaired) electrons. The second-order valence-electron chi connectivity index (χ2n) is 7.04. The molecule has 0 saturated carbocycles. The van der Waals surface area contributed by atoms with Gasteiger partial charge in [0.1, 0.15) is 12.1 Å². The van der Waals surface area contributed by atoms with Crippen LogP contribution in [0.2, 0.25) is 0 Å². The maximum absolute atomic E-state index is 12.5. The number of benzene rings is 2. The van der Waals surface area contributed by atoms with E-state index in [2.05, 4.69) is 65.9 Å². The van der Waals surface area contributed by atoms with Crippen LogP contribution in [0.3, 0.4) is 0 Å². The van der Waals surface area contributed by atoms with Gasteiger partial charge in [-0.3, -0.25) is 4.79 Å². The second kappa shape index (κ2) is 8.09. The van der Waals surface area contributed by atoms with Crippen LogP contribution in [-0.4, -0.2) is 9.97 Å². The van der Waals surface area contributed by atoms with Gasteiger partial charge in [-0.25, -0.2) is 4.98 Å². The van der Waals surface area contributed by atoms with E-state index >= 15 is 0 Å². The fourth-order valence-corrected chi connectivity index (χ4v) is 4.33. The van der Waals surface area contributed by atoms with Crippen molar-refractivity contribution in [2.24, 2.45) is 0 Å². The predicted octanol–water partition coefficient (Wildman–Crippen LogP) is 3.96. The molecular weight excluding hydrogens is 366 g/mol. The van der Waals surface area contributed by atoms with E-state index in [9.17, 15) is 4.79 Å². The number of rotatable bonds is 6. The third-order valence-corrected chi connectivity index (χ3v) is 6.10. The number of nitrogens with two attached hydrogens (primary N) is 1. The largest absolute Gasteiger partial charge is 0.327 e. The van der Waals surface area contributed by atoms with Crippen LogP contribution in [-0.2, 0) is 6.42 Å². The molecule has 0 aliphatic carbocycles. The van der Waals surface area contributed by atoms with Crippen LogP contribution in [0.15, 0.2) is 70.8 Å². The van der Waals surface area contributed by atoms with E-state index in [4.69, 9.17) is 4.98 Å². The van der Waals surface area contributed by atoms with Gasteiger partial charge in [0.2, 0.25) is 0 Å². The minimum Gasteiger partial charge on any atom is -0.327 e. The SMILES string of the molecule is CCc1ccc([C@H]([NH2+][C@H](C)c2nc3ccccc3c(=O)[nH]2)c2cccs2)cc1. The molecule has 0 aliphatic heterocycles. The maximum atomic E-state index is 12.5. The lowest BCUT2D eigenvalue weighted by atomic mass is 10.0. The number of thiophene rings is 1. The summed E-state index contributed by atoms with van der Waals surface area (Å²) < 4.78 is 0. The molecule has 3 N–H and O–H groups in total. The minimum atomic E-state index is -0.0826. The van der Waals surface area contributed by atoms with Crippen LogP contribution in [0.4, 0.5) is 0 Å². The number of hydrogen-bond donors (Lipinski definition) is 2. The first-order chi connectivity index (χ1) is 13.7. The van der Waals surface area contributed by atoms with Crippen molar-refractivity contribution >= 4 is 22.2 Å². The number of aromatic amines is 1. The topological polar surface area (TPSA) is 62.4 Å². The molecule has 2 heterocycles. The van der Waals surface area contributed by atoms with Gasteiger partial charge in [0.25, 0.3) is 5.56 Å². The molecule has 0 fully saturated rings. The van der Waals surface area contributed by atoms with Crippen LogP contribution in [0.1, 0.15) is 47.8 Å². The Balaban J connectivity index is 1.67. The Morgan fingerprint density at radius 3 is 2.57 bits per heavy atom. The summed E-state index contributed by atoms with van der Waals surface area (Å²) in [6.07, 6.45) is 1.03. The Bertz CT molecular complexity index is 1120. The van der Waals surface area contributed by atoms with E-state index in [0.29, 0.717) is 11.2 Å². The van der Waals surface area contributed by atoms with Crippen molar-refractivity contribution < 1.29 is 5.32 Å². The number of para-hydroxylation sites is 1. The summed E-state index contributed by atoms with van der Waals surface area (Å²) in [7, 11) is 0. The fourth-order valence-electron chi connectivity index (χ4n) is 3.50. The fraction of sp³-hybridized carbons (Fsp3) is 0.217. The highest BCUT2D eigenvalue weighted by Gasteiger charge is 2.24. The van der Waals surface area contributed by atoms with Gasteiger partial charge in [-0.2, -0.15) is 0 Å². The Hall–Kier alpha value is -2.76. The molecular formula is C23H24N3OS+. The standard InChI is InChI=1S/C23H23N3OS/c1-3-16-10-12-17(13-11-16)21(20-9-6-14-28-20)24-15(2)22-25-19-8-5-4-7-18(19)23(27)26-22/h4-15,21,24H,3H2,1-2H3,(H,25,26,27)/p+1/t15-,21+/m1/s1. The van der Waals surface area contributed by atoms with Gasteiger partial charge in [-0.15, -0.1) is 11.3 Å². The first-order valence-corrected chi connectivity index (χ1v) is 10.5. The Labute approximate surface area is 168 Å². The van der Waals surface area contributed by atoms with Gasteiger partial charge in [-0.1, -0.05) is 49.4 Å². The summed E-state index contributed by atoms with van der Waals surface area (Å²) in [5.41, 5.74) is 3.25. The van der Waals surface area contributed by atoms with Crippen LogP contribution < -0.4 is 10.9 Å². The van der Waals surface area contributed by atoms with E-state index in [1.807, 2.05) is 24.3 Å². The summed E-state index contributed by atoms with van der Waals surface area (Å²) in [6.45, 7) is 4.26. The molecule has 0 amide bonds. The molecule has 2 aromatic carbocycles. The number of quaternary nitrogens is 1. The number of nitrogens with one attached hydrogen (secondary N) is 1. The molecule has 142 valence electrons. The van der Waals surface area contributed by atoms with E-state index in [1.54, 1.807) is 11.3 Å². The number of aryl methyl sites for hydroxylation is 1. The molecule has 2 aromatic heterocycles. The molecule has 0 saturated heterocycles. The molecule has 0 unspecified atom stereocenters. The molecule has 0 spiro atoms. The van der Waals surface area contributed by atoms with Crippen molar-refractivity contribution in [1.82, 2.24) is 9.97 Å². The summed E-state index contributed by atoms with van der Waals surface area (Å²) in [5.74, 6) is 0.704. The third kappa shape index (κ3) is 3.77. The zero-order chi connectivity index (χ0) is 19.5. The number of H-pyrrole nitrogens is 1. The van der Waals surface area contributed by atoms with Crippen molar-refractivity contribution in [3.63, 3.8) is 0 Å². The lowest BCUT2D eigenvalue weighted by Crippen LogP contribution is -2.86. The Morgan fingerprint density at radius 2 is 1.86 bits per heavy atom. The van der Waals surface area contributed by atoms with Crippen LogP contribution >= 0.6 is 11.3 Å². The van der Waals surface area contributed by atoms with Crippen molar-refractivity contribution in [3.8, 4) is 0 Å². The van der Waals surface area contributed by atoms with Crippen LogP contribution in [0.25, 0.3) is 10.9 Å². The quantitative estimate of drug-likeness (QED) is 0.523. The molecule has 28 heavy (non-hydrogen) atoms. The van der Waals surface area contributed by atoms with Gasteiger partial charge in [0.15, 0.2) is 5.82 Å². The lowest BCUT2D eigenvalue weighted by molar-refractivity contribution is -0.723. The summed E-state index contributed by atoms with van der Waals surface area (Å²) in [6, 6.07) is 20.7. The average molecular weight is 391 g/mol. The molecule has 4 aromatic rings. The zero-order valence-electron chi connectivity index (χ0n) is 16.1. The number of aromatic nitrogens is 2. The number of fused-ring (bicyclic) bond motifs is 1. The molecule has 0 aliphatic rings. The van der Waals surface area contributed by atoms with Gasteiger partial charge < -0.3 is 10.3 Å². The normalized spacial score (nSPS) is 13.5. The molecule has 4 nitrogen and oxygen atoms in total. The van der Waals surface area contributed by atoms with Gasteiger partial charge in [0.05, 0.1) is 15.8 Å².